The zero-order valence-corrected chi connectivity index (χ0v) is 17.5. The summed E-state index contributed by atoms with van der Waals surface area (Å²) in [7, 11) is 0. The highest BCUT2D eigenvalue weighted by molar-refractivity contribution is 5.91. The fraction of sp³-hybridized carbons (Fsp3) is 0.609. The first-order chi connectivity index (χ1) is 14.1. The Morgan fingerprint density at radius 3 is 2.34 bits per heavy atom. The Morgan fingerprint density at radius 1 is 1.03 bits per heavy atom. The van der Waals surface area contributed by atoms with Crippen LogP contribution in [0.4, 0.5) is 0 Å². The Morgan fingerprint density at radius 2 is 1.72 bits per heavy atom. The summed E-state index contributed by atoms with van der Waals surface area (Å²) < 4.78 is 5.11. The normalized spacial score (nSPS) is 21.1. The molecule has 2 saturated heterocycles. The van der Waals surface area contributed by atoms with Gasteiger partial charge in [0, 0.05) is 19.6 Å². The third kappa shape index (κ3) is 4.80. The average molecular weight is 401 g/mol. The van der Waals surface area contributed by atoms with Gasteiger partial charge in [-0.3, -0.25) is 14.4 Å². The minimum absolute atomic E-state index is 0.0288. The second kappa shape index (κ2) is 9.90. The van der Waals surface area contributed by atoms with E-state index in [0.717, 1.165) is 12.0 Å². The van der Waals surface area contributed by atoms with Gasteiger partial charge in [0.1, 0.15) is 6.04 Å². The highest BCUT2D eigenvalue weighted by Crippen LogP contribution is 2.29. The van der Waals surface area contributed by atoms with Gasteiger partial charge < -0.3 is 14.5 Å². The second-order valence-corrected chi connectivity index (χ2v) is 7.91. The molecule has 6 heteroatoms. The van der Waals surface area contributed by atoms with Gasteiger partial charge in [0.15, 0.2) is 0 Å². The van der Waals surface area contributed by atoms with E-state index in [-0.39, 0.29) is 35.7 Å². The number of amides is 2. The minimum Gasteiger partial charge on any atom is -0.466 e. The van der Waals surface area contributed by atoms with Crippen molar-refractivity contribution in [2.24, 2.45) is 5.92 Å². The topological polar surface area (TPSA) is 66.9 Å². The van der Waals surface area contributed by atoms with Gasteiger partial charge in [0.25, 0.3) is 0 Å². The first-order valence-electron chi connectivity index (χ1n) is 10.9. The van der Waals surface area contributed by atoms with Crippen molar-refractivity contribution in [3.63, 3.8) is 0 Å². The number of rotatable bonds is 6. The predicted molar refractivity (Wildman–Crippen MR) is 110 cm³/mol. The van der Waals surface area contributed by atoms with Crippen LogP contribution in [0.1, 0.15) is 57.4 Å². The van der Waals surface area contributed by atoms with Crippen molar-refractivity contribution in [3.05, 3.63) is 35.9 Å². The molecule has 2 amide bonds. The third-order valence-electron chi connectivity index (χ3n) is 6.16. The van der Waals surface area contributed by atoms with Crippen molar-refractivity contribution in [1.82, 2.24) is 9.80 Å². The molecular formula is C23H32N2O4. The Balaban J connectivity index is 1.63. The number of piperidine rings is 1. The maximum Gasteiger partial charge on any atom is 0.309 e. The van der Waals surface area contributed by atoms with Crippen LogP contribution in [-0.2, 0) is 19.1 Å². The molecule has 158 valence electrons. The average Bonchev–Trinajstić information content (AvgIpc) is 3.24. The molecular weight excluding hydrogens is 368 g/mol. The summed E-state index contributed by atoms with van der Waals surface area (Å²) in [5.74, 6) is -0.412. The first kappa shape index (κ1) is 21.3. The molecule has 2 heterocycles. The molecule has 0 aromatic heterocycles. The lowest BCUT2D eigenvalue weighted by atomic mass is 9.94. The molecule has 2 fully saturated rings. The third-order valence-corrected chi connectivity index (χ3v) is 6.16. The van der Waals surface area contributed by atoms with Crippen LogP contribution < -0.4 is 0 Å². The van der Waals surface area contributed by atoms with Gasteiger partial charge in [-0.1, -0.05) is 37.3 Å². The summed E-state index contributed by atoms with van der Waals surface area (Å²) in [6, 6.07) is 9.44. The first-order valence-corrected chi connectivity index (χ1v) is 10.9. The maximum atomic E-state index is 13.3. The number of benzene rings is 1. The number of ether oxygens (including phenoxy) is 1. The van der Waals surface area contributed by atoms with E-state index in [0.29, 0.717) is 51.9 Å². The number of nitrogens with zero attached hydrogens (tertiary/aromatic N) is 2. The van der Waals surface area contributed by atoms with Crippen molar-refractivity contribution in [3.8, 4) is 0 Å². The SMILES string of the molecule is CCOC(=O)C1CCN(C(=O)C2CCCN2C(=O)C(CC)c2ccccc2)CC1. The molecule has 0 radical (unpaired) electrons. The molecule has 1 aromatic carbocycles. The van der Waals surface area contributed by atoms with Crippen LogP contribution in [0.2, 0.25) is 0 Å². The van der Waals surface area contributed by atoms with Crippen molar-refractivity contribution in [1.29, 1.82) is 0 Å². The van der Waals surface area contributed by atoms with Crippen LogP contribution in [-0.4, -0.2) is 59.9 Å². The van der Waals surface area contributed by atoms with Crippen LogP contribution in [0.5, 0.6) is 0 Å². The summed E-state index contributed by atoms with van der Waals surface area (Å²) >= 11 is 0. The standard InChI is InChI=1S/C23H32N2O4/c1-3-19(17-9-6-5-7-10-17)21(26)25-14-8-11-20(25)22(27)24-15-12-18(13-16-24)23(28)29-4-2/h5-7,9-10,18-20H,3-4,8,11-16H2,1-2H3. The van der Waals surface area contributed by atoms with Crippen LogP contribution in [0.15, 0.2) is 30.3 Å². The van der Waals surface area contributed by atoms with E-state index in [2.05, 4.69) is 0 Å². The van der Waals surface area contributed by atoms with Gasteiger partial charge >= 0.3 is 5.97 Å². The largest absolute Gasteiger partial charge is 0.466 e. The molecule has 0 spiro atoms. The molecule has 3 rings (SSSR count). The second-order valence-electron chi connectivity index (χ2n) is 7.91. The number of hydrogen-bond donors (Lipinski definition) is 0. The van der Waals surface area contributed by atoms with Crippen molar-refractivity contribution in [2.45, 2.75) is 57.9 Å². The summed E-state index contributed by atoms with van der Waals surface area (Å²) in [6.45, 7) is 5.95. The van der Waals surface area contributed by atoms with E-state index < -0.39 is 0 Å². The van der Waals surface area contributed by atoms with Gasteiger partial charge in [-0.2, -0.15) is 0 Å². The summed E-state index contributed by atoms with van der Waals surface area (Å²) in [5.41, 5.74) is 1.01. The number of esters is 1. The molecule has 1 aromatic rings. The monoisotopic (exact) mass is 400 g/mol. The fourth-order valence-electron chi connectivity index (χ4n) is 4.53. The van der Waals surface area contributed by atoms with Gasteiger partial charge in [-0.25, -0.2) is 0 Å². The molecule has 2 aliphatic heterocycles. The van der Waals surface area contributed by atoms with Gasteiger partial charge in [0.2, 0.25) is 11.8 Å². The fourth-order valence-corrected chi connectivity index (χ4v) is 4.53. The molecule has 0 N–H and O–H groups in total. The summed E-state index contributed by atoms with van der Waals surface area (Å²) in [4.78, 5) is 42.0. The summed E-state index contributed by atoms with van der Waals surface area (Å²) in [6.07, 6.45) is 3.55. The Bertz CT molecular complexity index is 713. The maximum absolute atomic E-state index is 13.3. The lowest BCUT2D eigenvalue weighted by molar-refractivity contribution is -0.152. The molecule has 2 atom stereocenters. The number of hydrogen-bond acceptors (Lipinski definition) is 4. The van der Waals surface area contributed by atoms with Crippen LogP contribution >= 0.6 is 0 Å². The zero-order chi connectivity index (χ0) is 20.8. The molecule has 6 nitrogen and oxygen atoms in total. The molecule has 0 aliphatic carbocycles. The van der Waals surface area contributed by atoms with E-state index in [9.17, 15) is 14.4 Å². The van der Waals surface area contributed by atoms with E-state index >= 15 is 0 Å². The molecule has 0 bridgehead atoms. The number of carbonyl (C=O) groups excluding carboxylic acids is 3. The minimum atomic E-state index is -0.376. The van der Waals surface area contributed by atoms with Crippen LogP contribution in [0.25, 0.3) is 0 Å². The Labute approximate surface area is 173 Å². The van der Waals surface area contributed by atoms with Crippen LogP contribution in [0.3, 0.4) is 0 Å². The number of likely N-dealkylation sites (tertiary alicyclic amines) is 2. The molecule has 29 heavy (non-hydrogen) atoms. The van der Waals surface area contributed by atoms with E-state index in [1.54, 1.807) is 11.8 Å². The Hall–Kier alpha value is -2.37. The molecule has 2 unspecified atom stereocenters. The highest BCUT2D eigenvalue weighted by atomic mass is 16.5. The van der Waals surface area contributed by atoms with Gasteiger partial charge in [0.05, 0.1) is 18.4 Å². The van der Waals surface area contributed by atoms with E-state index in [4.69, 9.17) is 4.74 Å². The van der Waals surface area contributed by atoms with Crippen molar-refractivity contribution < 1.29 is 19.1 Å². The van der Waals surface area contributed by atoms with Gasteiger partial charge in [-0.15, -0.1) is 0 Å². The zero-order valence-electron chi connectivity index (χ0n) is 17.5. The highest BCUT2D eigenvalue weighted by Gasteiger charge is 2.40. The summed E-state index contributed by atoms with van der Waals surface area (Å²) in [5, 5.41) is 0. The molecule has 0 saturated carbocycles. The van der Waals surface area contributed by atoms with Crippen molar-refractivity contribution in [2.75, 3.05) is 26.2 Å². The van der Waals surface area contributed by atoms with Crippen LogP contribution in [0, 0.1) is 5.92 Å². The lowest BCUT2D eigenvalue weighted by Crippen LogP contribution is -2.51. The van der Waals surface area contributed by atoms with Gasteiger partial charge in [-0.05, 0) is 44.6 Å². The van der Waals surface area contributed by atoms with E-state index in [1.807, 2.05) is 42.2 Å². The van der Waals surface area contributed by atoms with Crippen molar-refractivity contribution >= 4 is 17.8 Å². The predicted octanol–water partition coefficient (Wildman–Crippen LogP) is 2.97. The Kier molecular flexibility index (Phi) is 7.29. The number of carbonyl (C=O) groups is 3. The quantitative estimate of drug-likeness (QED) is 0.689. The smallest absolute Gasteiger partial charge is 0.309 e. The lowest BCUT2D eigenvalue weighted by Gasteiger charge is -2.35. The van der Waals surface area contributed by atoms with E-state index in [1.165, 1.54) is 0 Å². The molecule has 2 aliphatic rings.